The van der Waals surface area contributed by atoms with Crippen LogP contribution in [0, 0.1) is 6.92 Å². The van der Waals surface area contributed by atoms with Crippen LogP contribution < -0.4 is 0 Å². The number of aryl methyl sites for hydroxylation is 1. The normalized spacial score (nSPS) is 10.8. The molecule has 0 radical (unpaired) electrons. The van der Waals surface area contributed by atoms with Crippen molar-refractivity contribution >= 4 is 15.9 Å². The van der Waals surface area contributed by atoms with Crippen molar-refractivity contribution in [3.8, 4) is 11.4 Å². The Labute approximate surface area is 108 Å². The van der Waals surface area contributed by atoms with E-state index in [0.29, 0.717) is 5.82 Å². The molecular formula is C12H14BrN3O. The Bertz CT molecular complexity index is 537. The molecule has 1 aromatic heterocycles. The van der Waals surface area contributed by atoms with Gasteiger partial charge in [0.25, 0.3) is 0 Å². The number of benzene rings is 1. The van der Waals surface area contributed by atoms with Crippen LogP contribution in [0.5, 0.6) is 0 Å². The lowest BCUT2D eigenvalue weighted by molar-refractivity contribution is 0.265. The van der Waals surface area contributed by atoms with Gasteiger partial charge in [-0.05, 0) is 31.5 Å². The van der Waals surface area contributed by atoms with Gasteiger partial charge in [0.1, 0.15) is 6.61 Å². The lowest BCUT2D eigenvalue weighted by Gasteiger charge is -2.08. The van der Waals surface area contributed by atoms with Crippen LogP contribution in [0.1, 0.15) is 18.3 Å². The number of nitrogens with zero attached hydrogens (tertiary/aromatic N) is 3. The number of halogens is 1. The Morgan fingerprint density at radius 3 is 2.71 bits per heavy atom. The predicted molar refractivity (Wildman–Crippen MR) is 69.5 cm³/mol. The van der Waals surface area contributed by atoms with E-state index in [2.05, 4.69) is 26.1 Å². The third-order valence-corrected chi connectivity index (χ3v) is 3.31. The van der Waals surface area contributed by atoms with Crippen LogP contribution in [0.2, 0.25) is 0 Å². The molecule has 4 nitrogen and oxygen atoms in total. The molecule has 1 N–H and O–H groups in total. The number of aromatic nitrogens is 3. The van der Waals surface area contributed by atoms with E-state index in [1.807, 2.05) is 36.6 Å². The third kappa shape index (κ3) is 2.25. The molecule has 0 spiro atoms. The van der Waals surface area contributed by atoms with Crippen LogP contribution in [-0.2, 0) is 13.2 Å². The number of aliphatic hydroxyl groups excluding tert-OH is 1. The summed E-state index contributed by atoms with van der Waals surface area (Å²) < 4.78 is 2.90. The van der Waals surface area contributed by atoms with Gasteiger partial charge in [-0.3, -0.25) is 0 Å². The summed E-state index contributed by atoms with van der Waals surface area (Å²) in [6.07, 6.45) is 0. The van der Waals surface area contributed by atoms with Gasteiger partial charge in [-0.2, -0.15) is 0 Å². The minimum Gasteiger partial charge on any atom is -0.388 e. The number of rotatable bonds is 3. The van der Waals surface area contributed by atoms with Gasteiger partial charge in [-0.15, -0.1) is 10.2 Å². The largest absolute Gasteiger partial charge is 0.388 e. The van der Waals surface area contributed by atoms with Crippen molar-refractivity contribution < 1.29 is 5.11 Å². The molecule has 0 fully saturated rings. The Kier molecular flexibility index (Phi) is 3.59. The first-order valence-electron chi connectivity index (χ1n) is 5.46. The molecule has 0 saturated heterocycles. The second-order valence-corrected chi connectivity index (χ2v) is 4.68. The zero-order valence-corrected chi connectivity index (χ0v) is 11.4. The van der Waals surface area contributed by atoms with Crippen molar-refractivity contribution in [1.82, 2.24) is 14.8 Å². The van der Waals surface area contributed by atoms with E-state index < -0.39 is 0 Å². The van der Waals surface area contributed by atoms with Gasteiger partial charge in [0.15, 0.2) is 11.6 Å². The molecule has 1 heterocycles. The molecule has 5 heteroatoms. The summed E-state index contributed by atoms with van der Waals surface area (Å²) in [5.41, 5.74) is 2.18. The van der Waals surface area contributed by atoms with Gasteiger partial charge in [0.05, 0.1) is 0 Å². The molecule has 0 atom stereocenters. The maximum Gasteiger partial charge on any atom is 0.165 e. The molecule has 0 unspecified atom stereocenters. The van der Waals surface area contributed by atoms with Crippen molar-refractivity contribution in [2.45, 2.75) is 27.0 Å². The van der Waals surface area contributed by atoms with E-state index >= 15 is 0 Å². The summed E-state index contributed by atoms with van der Waals surface area (Å²) in [6, 6.07) is 6.09. The summed E-state index contributed by atoms with van der Waals surface area (Å²) >= 11 is 3.53. The molecule has 2 aromatic rings. The van der Waals surface area contributed by atoms with Crippen LogP contribution >= 0.6 is 15.9 Å². The van der Waals surface area contributed by atoms with E-state index in [4.69, 9.17) is 0 Å². The monoisotopic (exact) mass is 295 g/mol. The summed E-state index contributed by atoms with van der Waals surface area (Å²) in [5.74, 6) is 1.37. The quantitative estimate of drug-likeness (QED) is 0.947. The second-order valence-electron chi connectivity index (χ2n) is 3.83. The Hall–Kier alpha value is -1.20. The predicted octanol–water partition coefficient (Wildman–Crippen LogP) is 2.53. The van der Waals surface area contributed by atoms with Crippen LogP contribution in [0.4, 0.5) is 0 Å². The highest BCUT2D eigenvalue weighted by molar-refractivity contribution is 9.10. The topological polar surface area (TPSA) is 50.9 Å². The van der Waals surface area contributed by atoms with Gasteiger partial charge < -0.3 is 9.67 Å². The highest BCUT2D eigenvalue weighted by Gasteiger charge is 2.14. The molecule has 17 heavy (non-hydrogen) atoms. The first kappa shape index (κ1) is 12.3. The SMILES string of the molecule is CCn1c(CO)nnc1-c1ccc(C)cc1Br. The standard InChI is InChI=1S/C12H14BrN3O/c1-3-16-11(7-17)14-15-12(16)9-5-4-8(2)6-10(9)13/h4-6,17H,3,7H2,1-2H3. The molecular weight excluding hydrogens is 282 g/mol. The third-order valence-electron chi connectivity index (χ3n) is 2.65. The van der Waals surface area contributed by atoms with Crippen LogP contribution in [0.25, 0.3) is 11.4 Å². The Morgan fingerprint density at radius 1 is 1.35 bits per heavy atom. The fourth-order valence-corrected chi connectivity index (χ4v) is 2.46. The summed E-state index contributed by atoms with van der Waals surface area (Å²) in [6.45, 7) is 4.69. The van der Waals surface area contributed by atoms with Crippen LogP contribution in [0.15, 0.2) is 22.7 Å². The van der Waals surface area contributed by atoms with E-state index in [-0.39, 0.29) is 6.61 Å². The Morgan fingerprint density at radius 2 is 2.12 bits per heavy atom. The molecule has 2 rings (SSSR count). The van der Waals surface area contributed by atoms with Gasteiger partial charge >= 0.3 is 0 Å². The average Bonchev–Trinajstić information content (AvgIpc) is 2.71. The van der Waals surface area contributed by atoms with Crippen molar-refractivity contribution in [1.29, 1.82) is 0 Å². The van der Waals surface area contributed by atoms with Crippen LogP contribution in [0.3, 0.4) is 0 Å². The Balaban J connectivity index is 2.56. The van der Waals surface area contributed by atoms with Crippen molar-refractivity contribution in [3.63, 3.8) is 0 Å². The van der Waals surface area contributed by atoms with E-state index in [1.54, 1.807) is 0 Å². The number of hydrogen-bond acceptors (Lipinski definition) is 3. The molecule has 0 aliphatic rings. The van der Waals surface area contributed by atoms with E-state index in [9.17, 15) is 5.11 Å². The molecule has 90 valence electrons. The molecule has 0 saturated carbocycles. The lowest BCUT2D eigenvalue weighted by atomic mass is 10.1. The van der Waals surface area contributed by atoms with E-state index in [1.165, 1.54) is 5.56 Å². The smallest absolute Gasteiger partial charge is 0.165 e. The average molecular weight is 296 g/mol. The zero-order valence-electron chi connectivity index (χ0n) is 9.81. The number of hydrogen-bond donors (Lipinski definition) is 1. The molecule has 1 aromatic carbocycles. The maximum atomic E-state index is 9.19. The molecule has 0 amide bonds. The summed E-state index contributed by atoms with van der Waals surface area (Å²) in [7, 11) is 0. The zero-order chi connectivity index (χ0) is 12.4. The van der Waals surface area contributed by atoms with Crippen molar-refractivity contribution in [2.75, 3.05) is 0 Å². The van der Waals surface area contributed by atoms with Crippen LogP contribution in [-0.4, -0.2) is 19.9 Å². The second kappa shape index (κ2) is 4.98. The molecule has 0 bridgehead atoms. The fraction of sp³-hybridized carbons (Fsp3) is 0.333. The minimum absolute atomic E-state index is 0.0929. The highest BCUT2D eigenvalue weighted by Crippen LogP contribution is 2.28. The number of aliphatic hydroxyl groups is 1. The van der Waals surface area contributed by atoms with Gasteiger partial charge in [-0.25, -0.2) is 0 Å². The first-order chi connectivity index (χ1) is 8.17. The van der Waals surface area contributed by atoms with Gasteiger partial charge in [0, 0.05) is 16.6 Å². The highest BCUT2D eigenvalue weighted by atomic mass is 79.9. The maximum absolute atomic E-state index is 9.19. The van der Waals surface area contributed by atoms with Crippen molar-refractivity contribution in [2.24, 2.45) is 0 Å². The molecule has 0 aliphatic heterocycles. The summed E-state index contributed by atoms with van der Waals surface area (Å²) in [5, 5.41) is 17.3. The molecule has 0 aliphatic carbocycles. The van der Waals surface area contributed by atoms with Crippen molar-refractivity contribution in [3.05, 3.63) is 34.1 Å². The van der Waals surface area contributed by atoms with Gasteiger partial charge in [-0.1, -0.05) is 22.0 Å². The first-order valence-corrected chi connectivity index (χ1v) is 6.26. The van der Waals surface area contributed by atoms with E-state index in [0.717, 1.165) is 22.4 Å². The summed E-state index contributed by atoms with van der Waals surface area (Å²) in [4.78, 5) is 0. The fourth-order valence-electron chi connectivity index (χ4n) is 1.79. The van der Waals surface area contributed by atoms with Gasteiger partial charge in [0.2, 0.25) is 0 Å². The lowest BCUT2D eigenvalue weighted by Crippen LogP contribution is -2.03. The minimum atomic E-state index is -0.0929.